The lowest BCUT2D eigenvalue weighted by Crippen LogP contribution is -2.36. The number of hydrogen-bond acceptors (Lipinski definition) is 3. The van der Waals surface area contributed by atoms with Crippen molar-refractivity contribution in [2.24, 2.45) is 5.73 Å². The van der Waals surface area contributed by atoms with Crippen molar-refractivity contribution in [2.75, 3.05) is 18.6 Å². The molecule has 0 saturated carbocycles. The lowest BCUT2D eigenvalue weighted by Gasteiger charge is -2.20. The molecular formula is C14H21BrN2OS. The van der Waals surface area contributed by atoms with Gasteiger partial charge in [0.25, 0.3) is 0 Å². The number of amides is 1. The molecule has 0 unspecified atom stereocenters. The minimum Gasteiger partial charge on any atom is -0.341 e. The summed E-state index contributed by atoms with van der Waals surface area (Å²) in [6.45, 7) is 4.55. The van der Waals surface area contributed by atoms with E-state index >= 15 is 0 Å². The molecule has 0 radical (unpaired) electrons. The normalized spacial score (nSPS) is 11.4. The van der Waals surface area contributed by atoms with E-state index in [1.807, 2.05) is 45.2 Å². The van der Waals surface area contributed by atoms with Gasteiger partial charge in [0.2, 0.25) is 5.91 Å². The third-order valence-electron chi connectivity index (χ3n) is 2.49. The first-order valence-electron chi connectivity index (χ1n) is 6.13. The zero-order valence-electron chi connectivity index (χ0n) is 11.6. The Morgan fingerprint density at radius 1 is 1.42 bits per heavy atom. The van der Waals surface area contributed by atoms with E-state index < -0.39 is 0 Å². The molecule has 0 aromatic heterocycles. The molecule has 1 aromatic carbocycles. The number of rotatable bonds is 6. The van der Waals surface area contributed by atoms with Crippen molar-refractivity contribution in [3.8, 4) is 0 Å². The zero-order valence-corrected chi connectivity index (χ0v) is 14.1. The first-order chi connectivity index (χ1) is 8.79. The van der Waals surface area contributed by atoms with Crippen molar-refractivity contribution < 1.29 is 4.79 Å². The molecule has 0 spiro atoms. The molecule has 106 valence electrons. The predicted molar refractivity (Wildman–Crippen MR) is 86.2 cm³/mol. The van der Waals surface area contributed by atoms with Crippen LogP contribution in [0.2, 0.25) is 0 Å². The maximum Gasteiger partial charge on any atom is 0.232 e. The molecule has 2 N–H and O–H groups in total. The highest BCUT2D eigenvalue weighted by Crippen LogP contribution is 2.18. The monoisotopic (exact) mass is 344 g/mol. The van der Waals surface area contributed by atoms with Crippen molar-refractivity contribution >= 4 is 33.6 Å². The van der Waals surface area contributed by atoms with Gasteiger partial charge in [-0.05, 0) is 25.5 Å². The Hall–Kier alpha value is -0.520. The molecule has 0 fully saturated rings. The molecule has 19 heavy (non-hydrogen) atoms. The number of carbonyl (C=O) groups is 1. The highest BCUT2D eigenvalue weighted by atomic mass is 79.9. The molecule has 1 rings (SSSR count). The molecule has 3 nitrogen and oxygen atoms in total. The van der Waals surface area contributed by atoms with Crippen molar-refractivity contribution in [1.82, 2.24) is 4.90 Å². The fourth-order valence-electron chi connectivity index (χ4n) is 1.48. The maximum atomic E-state index is 12.0. The van der Waals surface area contributed by atoms with E-state index in [0.29, 0.717) is 12.3 Å². The van der Waals surface area contributed by atoms with E-state index in [1.54, 1.807) is 16.7 Å². The standard InChI is InChI=1S/C14H21BrN2OS/c1-14(2,16)10-19-9-13(18)17(3)8-11-6-4-5-7-12(11)15/h4-7H,8-10,16H2,1-3H3. The molecule has 0 heterocycles. The number of thioether (sulfide) groups is 1. The van der Waals surface area contributed by atoms with Crippen molar-refractivity contribution in [2.45, 2.75) is 25.9 Å². The molecule has 0 aliphatic rings. The van der Waals surface area contributed by atoms with Crippen LogP contribution >= 0.6 is 27.7 Å². The average Bonchev–Trinajstić information content (AvgIpc) is 2.30. The second kappa shape index (κ2) is 7.31. The summed E-state index contributed by atoms with van der Waals surface area (Å²) in [5, 5.41) is 0. The Morgan fingerprint density at radius 3 is 2.63 bits per heavy atom. The van der Waals surface area contributed by atoms with Gasteiger partial charge in [0.1, 0.15) is 0 Å². The van der Waals surface area contributed by atoms with Gasteiger partial charge in [-0.2, -0.15) is 11.8 Å². The molecule has 1 aromatic rings. The van der Waals surface area contributed by atoms with Crippen LogP contribution in [0, 0.1) is 0 Å². The van der Waals surface area contributed by atoms with Crippen molar-refractivity contribution in [3.63, 3.8) is 0 Å². The van der Waals surface area contributed by atoms with Crippen molar-refractivity contribution in [1.29, 1.82) is 0 Å². The Kier molecular flexibility index (Phi) is 6.36. The largest absolute Gasteiger partial charge is 0.341 e. The number of halogens is 1. The van der Waals surface area contributed by atoms with E-state index in [1.165, 1.54) is 0 Å². The molecule has 0 aliphatic carbocycles. The quantitative estimate of drug-likeness (QED) is 0.862. The fourth-order valence-corrected chi connectivity index (χ4v) is 2.92. The van der Waals surface area contributed by atoms with Crippen LogP contribution in [0.25, 0.3) is 0 Å². The summed E-state index contributed by atoms with van der Waals surface area (Å²) in [7, 11) is 1.83. The van der Waals surface area contributed by atoms with Gasteiger partial charge in [0.15, 0.2) is 0 Å². The van der Waals surface area contributed by atoms with Crippen LogP contribution in [-0.4, -0.2) is 34.9 Å². The van der Waals surface area contributed by atoms with Gasteiger partial charge < -0.3 is 10.6 Å². The van der Waals surface area contributed by atoms with Gasteiger partial charge in [-0.25, -0.2) is 0 Å². The Balaban J connectivity index is 2.43. The molecular weight excluding hydrogens is 324 g/mol. The number of nitrogens with two attached hydrogens (primary N) is 1. The smallest absolute Gasteiger partial charge is 0.232 e. The Morgan fingerprint density at radius 2 is 2.05 bits per heavy atom. The summed E-state index contributed by atoms with van der Waals surface area (Å²) in [5.41, 5.74) is 6.77. The lowest BCUT2D eigenvalue weighted by atomic mass is 10.1. The second-order valence-corrected chi connectivity index (χ2v) is 7.16. The third-order valence-corrected chi connectivity index (χ3v) is 4.66. The Labute approximate surface area is 128 Å². The summed E-state index contributed by atoms with van der Waals surface area (Å²) in [4.78, 5) is 13.7. The summed E-state index contributed by atoms with van der Waals surface area (Å²) < 4.78 is 1.03. The van der Waals surface area contributed by atoms with Crippen molar-refractivity contribution in [3.05, 3.63) is 34.3 Å². The van der Waals surface area contributed by atoms with Crippen LogP contribution in [0.5, 0.6) is 0 Å². The SMILES string of the molecule is CN(Cc1ccccc1Br)C(=O)CSCC(C)(C)N. The van der Waals surface area contributed by atoms with Gasteiger partial charge in [-0.15, -0.1) is 0 Å². The number of benzene rings is 1. The van der Waals surface area contributed by atoms with Gasteiger partial charge in [0, 0.05) is 29.4 Å². The van der Waals surface area contributed by atoms with E-state index in [0.717, 1.165) is 15.8 Å². The second-order valence-electron chi connectivity index (χ2n) is 5.32. The summed E-state index contributed by atoms with van der Waals surface area (Å²) in [6.07, 6.45) is 0. The van der Waals surface area contributed by atoms with Gasteiger partial charge >= 0.3 is 0 Å². The minimum absolute atomic E-state index is 0.130. The summed E-state index contributed by atoms with van der Waals surface area (Å²) in [6, 6.07) is 7.95. The van der Waals surface area contributed by atoms with Crippen LogP contribution in [0.3, 0.4) is 0 Å². The highest BCUT2D eigenvalue weighted by molar-refractivity contribution is 9.10. The van der Waals surface area contributed by atoms with Crippen LogP contribution in [0.4, 0.5) is 0 Å². The molecule has 0 atom stereocenters. The average molecular weight is 345 g/mol. The minimum atomic E-state index is -0.230. The molecule has 0 bridgehead atoms. The van der Waals surface area contributed by atoms with E-state index in [4.69, 9.17) is 5.73 Å². The van der Waals surface area contributed by atoms with Crippen LogP contribution in [0.15, 0.2) is 28.7 Å². The predicted octanol–water partition coefficient (Wildman–Crippen LogP) is 2.88. The Bertz CT molecular complexity index is 432. The van der Waals surface area contributed by atoms with Crippen LogP contribution in [0.1, 0.15) is 19.4 Å². The van der Waals surface area contributed by atoms with E-state index in [-0.39, 0.29) is 11.4 Å². The molecule has 1 amide bonds. The topological polar surface area (TPSA) is 46.3 Å². The number of nitrogens with zero attached hydrogens (tertiary/aromatic N) is 1. The molecule has 0 aliphatic heterocycles. The van der Waals surface area contributed by atoms with Crippen LogP contribution in [-0.2, 0) is 11.3 Å². The first-order valence-corrected chi connectivity index (χ1v) is 8.08. The van der Waals surface area contributed by atoms with E-state index in [9.17, 15) is 4.79 Å². The van der Waals surface area contributed by atoms with Crippen LogP contribution < -0.4 is 5.73 Å². The number of hydrogen-bond donors (Lipinski definition) is 1. The summed E-state index contributed by atoms with van der Waals surface area (Å²) >= 11 is 5.08. The van der Waals surface area contributed by atoms with Gasteiger partial charge in [-0.1, -0.05) is 34.1 Å². The number of carbonyl (C=O) groups excluding carboxylic acids is 1. The molecule has 0 saturated heterocycles. The first kappa shape index (κ1) is 16.5. The highest BCUT2D eigenvalue weighted by Gasteiger charge is 2.14. The van der Waals surface area contributed by atoms with Gasteiger partial charge in [0.05, 0.1) is 5.75 Å². The third kappa shape index (κ3) is 6.45. The fraction of sp³-hybridized carbons (Fsp3) is 0.500. The van der Waals surface area contributed by atoms with E-state index in [2.05, 4.69) is 15.9 Å². The maximum absolute atomic E-state index is 12.0. The van der Waals surface area contributed by atoms with Gasteiger partial charge in [-0.3, -0.25) is 4.79 Å². The zero-order chi connectivity index (χ0) is 14.5. The molecule has 5 heteroatoms. The lowest BCUT2D eigenvalue weighted by molar-refractivity contribution is -0.127. The summed E-state index contributed by atoms with van der Waals surface area (Å²) in [5.74, 6) is 1.38.